The lowest BCUT2D eigenvalue weighted by Gasteiger charge is -2.17. The Morgan fingerprint density at radius 1 is 1.30 bits per heavy atom. The van der Waals surface area contributed by atoms with Crippen molar-refractivity contribution >= 4 is 28.1 Å². The van der Waals surface area contributed by atoms with Crippen LogP contribution >= 0.6 is 11.3 Å². The molecule has 0 aliphatic carbocycles. The molecular formula is C15H16F3N3OS. The smallest absolute Gasteiger partial charge is 0.342 e. The van der Waals surface area contributed by atoms with Gasteiger partial charge in [0.2, 0.25) is 5.91 Å². The molecule has 1 aromatic heterocycles. The van der Waals surface area contributed by atoms with Crippen molar-refractivity contribution < 1.29 is 18.0 Å². The van der Waals surface area contributed by atoms with Crippen molar-refractivity contribution in [2.45, 2.75) is 20.0 Å². The standard InChI is InChI=1S/C15H16F3N3OS/c1-9-5-4-6-10(2)13(9)20-12(22)8-21(3)14-19-7-11(23-14)15(16,17)18/h4-7H,8H2,1-3H3,(H,20,22). The van der Waals surface area contributed by atoms with Crippen molar-refractivity contribution in [1.82, 2.24) is 4.98 Å². The largest absolute Gasteiger partial charge is 0.427 e. The molecule has 2 aromatic rings. The van der Waals surface area contributed by atoms with Gasteiger partial charge in [-0.1, -0.05) is 29.5 Å². The fourth-order valence-electron chi connectivity index (χ4n) is 2.05. The third-order valence-electron chi connectivity index (χ3n) is 3.23. The van der Waals surface area contributed by atoms with Crippen LogP contribution in [-0.4, -0.2) is 24.5 Å². The van der Waals surface area contributed by atoms with Crippen LogP contribution in [0, 0.1) is 13.8 Å². The topological polar surface area (TPSA) is 45.2 Å². The van der Waals surface area contributed by atoms with Gasteiger partial charge >= 0.3 is 6.18 Å². The molecule has 0 saturated heterocycles. The third-order valence-corrected chi connectivity index (χ3v) is 4.38. The lowest BCUT2D eigenvalue weighted by molar-refractivity contribution is -0.134. The summed E-state index contributed by atoms with van der Waals surface area (Å²) < 4.78 is 37.7. The number of thiazole rings is 1. The SMILES string of the molecule is Cc1cccc(C)c1NC(=O)CN(C)c1ncc(C(F)(F)F)s1. The summed E-state index contributed by atoms with van der Waals surface area (Å²) in [7, 11) is 1.53. The van der Waals surface area contributed by atoms with Gasteiger partial charge in [0.1, 0.15) is 4.88 Å². The fourth-order valence-corrected chi connectivity index (χ4v) is 2.79. The van der Waals surface area contributed by atoms with Gasteiger partial charge < -0.3 is 10.2 Å². The quantitative estimate of drug-likeness (QED) is 0.917. The van der Waals surface area contributed by atoms with Gasteiger partial charge in [0.05, 0.1) is 12.7 Å². The first-order valence-electron chi connectivity index (χ1n) is 6.78. The first-order chi connectivity index (χ1) is 10.7. The number of hydrogen-bond acceptors (Lipinski definition) is 4. The van der Waals surface area contributed by atoms with Crippen LogP contribution in [0.2, 0.25) is 0 Å². The number of likely N-dealkylation sites (N-methyl/N-ethyl adjacent to an activating group) is 1. The second-order valence-corrected chi connectivity index (χ2v) is 6.18. The van der Waals surface area contributed by atoms with E-state index in [2.05, 4.69) is 10.3 Å². The number of carbonyl (C=O) groups is 1. The summed E-state index contributed by atoms with van der Waals surface area (Å²) in [6.07, 6.45) is -3.64. The van der Waals surface area contributed by atoms with Crippen LogP contribution < -0.4 is 10.2 Å². The Morgan fingerprint density at radius 3 is 2.43 bits per heavy atom. The van der Waals surface area contributed by atoms with E-state index in [1.54, 1.807) is 0 Å². The van der Waals surface area contributed by atoms with Crippen LogP contribution in [0.5, 0.6) is 0 Å². The lowest BCUT2D eigenvalue weighted by Crippen LogP contribution is -2.30. The summed E-state index contributed by atoms with van der Waals surface area (Å²) in [4.78, 5) is 16.4. The Bertz CT molecular complexity index is 692. The number of aryl methyl sites for hydroxylation is 2. The van der Waals surface area contributed by atoms with Crippen LogP contribution in [0.15, 0.2) is 24.4 Å². The van der Waals surface area contributed by atoms with Crippen molar-refractivity contribution in [1.29, 1.82) is 0 Å². The molecule has 0 fully saturated rings. The van der Waals surface area contributed by atoms with Gasteiger partial charge in [-0.05, 0) is 25.0 Å². The van der Waals surface area contributed by atoms with Gasteiger partial charge in [-0.15, -0.1) is 0 Å². The molecule has 0 atom stereocenters. The maximum absolute atomic E-state index is 12.6. The van der Waals surface area contributed by atoms with Crippen LogP contribution in [0.1, 0.15) is 16.0 Å². The summed E-state index contributed by atoms with van der Waals surface area (Å²) in [5.74, 6) is -0.311. The molecule has 0 saturated carbocycles. The van der Waals surface area contributed by atoms with Gasteiger partial charge in [0, 0.05) is 12.7 Å². The Kier molecular flexibility index (Phi) is 4.93. The van der Waals surface area contributed by atoms with E-state index in [1.165, 1.54) is 11.9 Å². The fraction of sp³-hybridized carbons (Fsp3) is 0.333. The number of benzene rings is 1. The Labute approximate surface area is 136 Å². The van der Waals surface area contributed by atoms with E-state index in [0.29, 0.717) is 11.3 Å². The third kappa shape index (κ3) is 4.22. The monoisotopic (exact) mass is 343 g/mol. The van der Waals surface area contributed by atoms with Crippen LogP contribution in [0.3, 0.4) is 0 Å². The average molecular weight is 343 g/mol. The summed E-state index contributed by atoms with van der Waals surface area (Å²) in [6, 6.07) is 5.65. The van der Waals surface area contributed by atoms with E-state index in [9.17, 15) is 18.0 Å². The predicted molar refractivity (Wildman–Crippen MR) is 84.9 cm³/mol. The van der Waals surface area contributed by atoms with Crippen LogP contribution in [0.25, 0.3) is 0 Å². The van der Waals surface area contributed by atoms with E-state index in [1.807, 2.05) is 32.0 Å². The van der Waals surface area contributed by atoms with Crippen molar-refractivity contribution in [2.24, 2.45) is 0 Å². The molecule has 124 valence electrons. The van der Waals surface area contributed by atoms with Gasteiger partial charge in [-0.25, -0.2) is 4.98 Å². The van der Waals surface area contributed by atoms with E-state index in [-0.39, 0.29) is 17.6 Å². The number of alkyl halides is 3. The molecule has 4 nitrogen and oxygen atoms in total. The molecule has 1 N–H and O–H groups in total. The molecule has 2 rings (SSSR count). The average Bonchev–Trinajstić information content (AvgIpc) is 2.93. The first-order valence-corrected chi connectivity index (χ1v) is 7.60. The van der Waals surface area contributed by atoms with Gasteiger partial charge in [0.15, 0.2) is 5.13 Å². The molecule has 1 aromatic carbocycles. The molecular weight excluding hydrogens is 327 g/mol. The highest BCUT2D eigenvalue weighted by Gasteiger charge is 2.33. The molecule has 0 radical (unpaired) electrons. The minimum absolute atomic E-state index is 0.0847. The number of aromatic nitrogens is 1. The number of carbonyl (C=O) groups excluding carboxylic acids is 1. The van der Waals surface area contributed by atoms with Crippen molar-refractivity contribution in [2.75, 3.05) is 23.8 Å². The van der Waals surface area contributed by atoms with Crippen LogP contribution in [-0.2, 0) is 11.0 Å². The Hall–Kier alpha value is -2.09. The predicted octanol–water partition coefficient (Wildman–Crippen LogP) is 3.85. The van der Waals surface area contributed by atoms with Gasteiger partial charge in [-0.2, -0.15) is 13.2 Å². The van der Waals surface area contributed by atoms with E-state index in [4.69, 9.17) is 0 Å². The lowest BCUT2D eigenvalue weighted by atomic mass is 10.1. The Balaban J connectivity index is 2.04. The zero-order chi connectivity index (χ0) is 17.2. The number of anilines is 2. The number of hydrogen-bond donors (Lipinski definition) is 1. The van der Waals surface area contributed by atoms with E-state index < -0.39 is 11.1 Å². The molecule has 0 aliphatic heterocycles. The summed E-state index contributed by atoms with van der Waals surface area (Å²) in [5, 5.41) is 2.94. The van der Waals surface area contributed by atoms with E-state index in [0.717, 1.165) is 23.0 Å². The highest BCUT2D eigenvalue weighted by Crippen LogP contribution is 2.35. The van der Waals surface area contributed by atoms with Crippen molar-refractivity contribution in [3.63, 3.8) is 0 Å². The second-order valence-electron chi connectivity index (χ2n) is 5.18. The minimum Gasteiger partial charge on any atom is -0.342 e. The Morgan fingerprint density at radius 2 is 1.91 bits per heavy atom. The summed E-state index contributed by atoms with van der Waals surface area (Å²) in [5.41, 5.74) is 2.57. The number of nitrogens with one attached hydrogen (secondary N) is 1. The number of halogens is 3. The number of rotatable bonds is 4. The molecule has 0 bridgehead atoms. The summed E-state index contributed by atoms with van der Waals surface area (Å²) in [6.45, 7) is 3.67. The zero-order valence-electron chi connectivity index (χ0n) is 12.9. The normalized spacial score (nSPS) is 11.4. The van der Waals surface area contributed by atoms with Crippen molar-refractivity contribution in [3.8, 4) is 0 Å². The minimum atomic E-state index is -4.42. The van der Waals surface area contributed by atoms with Gasteiger partial charge in [0.25, 0.3) is 0 Å². The molecule has 23 heavy (non-hydrogen) atoms. The molecule has 0 aliphatic rings. The highest BCUT2D eigenvalue weighted by atomic mass is 32.1. The maximum atomic E-state index is 12.6. The molecule has 8 heteroatoms. The number of nitrogens with zero attached hydrogens (tertiary/aromatic N) is 2. The number of amides is 1. The molecule has 1 amide bonds. The maximum Gasteiger partial charge on any atom is 0.427 e. The summed E-state index contributed by atoms with van der Waals surface area (Å²) >= 11 is 0.512. The molecule has 0 unspecified atom stereocenters. The second kappa shape index (κ2) is 6.57. The zero-order valence-corrected chi connectivity index (χ0v) is 13.7. The number of para-hydroxylation sites is 1. The van der Waals surface area contributed by atoms with Crippen molar-refractivity contribution in [3.05, 3.63) is 40.4 Å². The molecule has 1 heterocycles. The first kappa shape index (κ1) is 17.3. The highest BCUT2D eigenvalue weighted by molar-refractivity contribution is 7.15. The van der Waals surface area contributed by atoms with Gasteiger partial charge in [-0.3, -0.25) is 4.79 Å². The molecule has 0 spiro atoms. The van der Waals surface area contributed by atoms with Crippen LogP contribution in [0.4, 0.5) is 24.0 Å². The van der Waals surface area contributed by atoms with E-state index >= 15 is 0 Å².